The van der Waals surface area contributed by atoms with Crippen LogP contribution in [-0.4, -0.2) is 6.54 Å². The van der Waals surface area contributed by atoms with E-state index in [0.717, 1.165) is 16.8 Å². The smallest absolute Gasteiger partial charge is 0.0555 e. The van der Waals surface area contributed by atoms with Crippen molar-refractivity contribution in [1.82, 2.24) is 0 Å². The standard InChI is InChI=1S/C10H12N2/c1-8-4-5-10(12)7-9(8)3-2-6-11/h4-5,7H,6,11-12H2,1H3. The van der Waals surface area contributed by atoms with Gasteiger partial charge in [-0.3, -0.25) is 0 Å². The molecule has 0 aliphatic carbocycles. The molecule has 0 heterocycles. The maximum Gasteiger partial charge on any atom is 0.0555 e. The van der Waals surface area contributed by atoms with Gasteiger partial charge in [0.15, 0.2) is 0 Å². The summed E-state index contributed by atoms with van der Waals surface area (Å²) in [4.78, 5) is 0. The lowest BCUT2D eigenvalue weighted by Gasteiger charge is -1.98. The van der Waals surface area contributed by atoms with Crippen LogP contribution in [0.2, 0.25) is 0 Å². The molecule has 1 rings (SSSR count). The summed E-state index contributed by atoms with van der Waals surface area (Å²) in [6.45, 7) is 2.38. The fourth-order valence-corrected chi connectivity index (χ4v) is 0.921. The highest BCUT2D eigenvalue weighted by Gasteiger charge is 1.93. The predicted molar refractivity (Wildman–Crippen MR) is 51.5 cm³/mol. The van der Waals surface area contributed by atoms with Crippen LogP contribution >= 0.6 is 0 Å². The maximum atomic E-state index is 5.60. The second kappa shape index (κ2) is 3.80. The van der Waals surface area contributed by atoms with E-state index in [2.05, 4.69) is 11.8 Å². The van der Waals surface area contributed by atoms with Crippen molar-refractivity contribution in [1.29, 1.82) is 0 Å². The predicted octanol–water partition coefficient (Wildman–Crippen LogP) is 0.887. The maximum absolute atomic E-state index is 5.60. The Balaban J connectivity index is 3.05. The van der Waals surface area contributed by atoms with Crippen molar-refractivity contribution in [2.75, 3.05) is 12.3 Å². The van der Waals surface area contributed by atoms with Gasteiger partial charge in [0, 0.05) is 11.3 Å². The Bertz CT molecular complexity index is 331. The SMILES string of the molecule is Cc1ccc(N)cc1C#CCN. The van der Waals surface area contributed by atoms with E-state index >= 15 is 0 Å². The Labute approximate surface area is 72.6 Å². The largest absolute Gasteiger partial charge is 0.399 e. The van der Waals surface area contributed by atoms with Crippen molar-refractivity contribution < 1.29 is 0 Å². The van der Waals surface area contributed by atoms with Crippen molar-refractivity contribution in [2.45, 2.75) is 6.92 Å². The fourth-order valence-electron chi connectivity index (χ4n) is 0.921. The average Bonchev–Trinajstić information content (AvgIpc) is 2.07. The molecule has 2 nitrogen and oxygen atoms in total. The molecule has 0 fully saturated rings. The molecule has 0 aromatic heterocycles. The van der Waals surface area contributed by atoms with Gasteiger partial charge in [0.2, 0.25) is 0 Å². The highest BCUT2D eigenvalue weighted by Crippen LogP contribution is 2.10. The lowest BCUT2D eigenvalue weighted by Crippen LogP contribution is -1.94. The first-order valence-corrected chi connectivity index (χ1v) is 3.79. The molecule has 62 valence electrons. The molecule has 0 aliphatic heterocycles. The van der Waals surface area contributed by atoms with Crippen LogP contribution in [0.4, 0.5) is 5.69 Å². The van der Waals surface area contributed by atoms with Crippen molar-refractivity contribution in [3.05, 3.63) is 29.3 Å². The molecule has 0 spiro atoms. The zero-order valence-corrected chi connectivity index (χ0v) is 7.09. The van der Waals surface area contributed by atoms with Gasteiger partial charge in [-0.25, -0.2) is 0 Å². The molecule has 0 amide bonds. The first kappa shape index (κ1) is 8.63. The summed E-state index contributed by atoms with van der Waals surface area (Å²) in [6.07, 6.45) is 0. The van der Waals surface area contributed by atoms with Crippen molar-refractivity contribution in [3.8, 4) is 11.8 Å². The van der Waals surface area contributed by atoms with Crippen LogP contribution in [0.3, 0.4) is 0 Å². The first-order valence-electron chi connectivity index (χ1n) is 3.79. The number of nitrogens with two attached hydrogens (primary N) is 2. The minimum absolute atomic E-state index is 0.383. The summed E-state index contributed by atoms with van der Waals surface area (Å²) < 4.78 is 0. The quantitative estimate of drug-likeness (QED) is 0.437. The summed E-state index contributed by atoms with van der Waals surface area (Å²) in [5.74, 6) is 5.75. The second-order valence-corrected chi connectivity index (χ2v) is 2.58. The Kier molecular flexibility index (Phi) is 2.73. The molecular weight excluding hydrogens is 148 g/mol. The zero-order valence-electron chi connectivity index (χ0n) is 7.09. The zero-order chi connectivity index (χ0) is 8.97. The molecule has 0 aliphatic rings. The van der Waals surface area contributed by atoms with Gasteiger partial charge in [-0.2, -0.15) is 0 Å². The molecule has 1 aromatic carbocycles. The van der Waals surface area contributed by atoms with E-state index in [-0.39, 0.29) is 0 Å². The number of anilines is 1. The highest BCUT2D eigenvalue weighted by molar-refractivity contribution is 5.51. The fraction of sp³-hybridized carbons (Fsp3) is 0.200. The lowest BCUT2D eigenvalue weighted by atomic mass is 10.1. The van der Waals surface area contributed by atoms with Gasteiger partial charge >= 0.3 is 0 Å². The molecule has 0 atom stereocenters. The van der Waals surface area contributed by atoms with Crippen LogP contribution < -0.4 is 11.5 Å². The van der Waals surface area contributed by atoms with Crippen LogP contribution in [0.1, 0.15) is 11.1 Å². The Hall–Kier alpha value is -1.46. The van der Waals surface area contributed by atoms with Crippen molar-refractivity contribution >= 4 is 5.69 Å². The third-order valence-corrected chi connectivity index (χ3v) is 1.59. The van der Waals surface area contributed by atoms with Crippen molar-refractivity contribution in [2.24, 2.45) is 5.73 Å². The van der Waals surface area contributed by atoms with Gasteiger partial charge in [0.05, 0.1) is 6.54 Å². The topological polar surface area (TPSA) is 52.0 Å². The second-order valence-electron chi connectivity index (χ2n) is 2.58. The normalized spacial score (nSPS) is 8.83. The minimum Gasteiger partial charge on any atom is -0.399 e. The molecule has 12 heavy (non-hydrogen) atoms. The summed E-state index contributed by atoms with van der Waals surface area (Å²) >= 11 is 0. The number of aryl methyl sites for hydroxylation is 1. The molecular formula is C10H12N2. The monoisotopic (exact) mass is 160 g/mol. The van der Waals surface area contributed by atoms with E-state index < -0.39 is 0 Å². The third-order valence-electron chi connectivity index (χ3n) is 1.59. The summed E-state index contributed by atoms with van der Waals surface area (Å²) in [5, 5.41) is 0. The summed E-state index contributed by atoms with van der Waals surface area (Å²) in [7, 11) is 0. The Morgan fingerprint density at radius 3 is 2.83 bits per heavy atom. The van der Waals surface area contributed by atoms with E-state index in [0.29, 0.717) is 6.54 Å². The van der Waals surface area contributed by atoms with Crippen LogP contribution in [0.15, 0.2) is 18.2 Å². The molecule has 0 bridgehead atoms. The molecule has 0 saturated carbocycles. The minimum atomic E-state index is 0.383. The van der Waals surface area contributed by atoms with Gasteiger partial charge in [-0.15, -0.1) is 0 Å². The van der Waals surface area contributed by atoms with Gasteiger partial charge in [-0.05, 0) is 24.6 Å². The number of rotatable bonds is 0. The van der Waals surface area contributed by atoms with Gasteiger partial charge in [-0.1, -0.05) is 17.9 Å². The Morgan fingerprint density at radius 1 is 1.42 bits per heavy atom. The van der Waals surface area contributed by atoms with Gasteiger partial charge in [0.1, 0.15) is 0 Å². The third kappa shape index (κ3) is 2.01. The van der Waals surface area contributed by atoms with E-state index in [4.69, 9.17) is 11.5 Å². The Morgan fingerprint density at radius 2 is 2.17 bits per heavy atom. The molecule has 0 radical (unpaired) electrons. The molecule has 0 saturated heterocycles. The lowest BCUT2D eigenvalue weighted by molar-refractivity contribution is 1.30. The first-order chi connectivity index (χ1) is 5.74. The van der Waals surface area contributed by atoms with E-state index in [1.54, 1.807) is 0 Å². The average molecular weight is 160 g/mol. The summed E-state index contributed by atoms with van der Waals surface area (Å²) in [5.41, 5.74) is 13.7. The van der Waals surface area contributed by atoms with E-state index in [1.165, 1.54) is 0 Å². The molecule has 0 unspecified atom stereocenters. The highest BCUT2D eigenvalue weighted by atomic mass is 14.5. The van der Waals surface area contributed by atoms with Crippen LogP contribution in [-0.2, 0) is 0 Å². The summed E-state index contributed by atoms with van der Waals surface area (Å²) in [6, 6.07) is 5.68. The van der Waals surface area contributed by atoms with Crippen molar-refractivity contribution in [3.63, 3.8) is 0 Å². The van der Waals surface area contributed by atoms with Crippen LogP contribution in [0.5, 0.6) is 0 Å². The van der Waals surface area contributed by atoms with E-state index in [1.807, 2.05) is 25.1 Å². The number of hydrogen-bond acceptors (Lipinski definition) is 2. The number of benzene rings is 1. The number of nitrogen functional groups attached to an aromatic ring is 1. The van der Waals surface area contributed by atoms with Crippen LogP contribution in [0, 0.1) is 18.8 Å². The molecule has 1 aromatic rings. The van der Waals surface area contributed by atoms with Gasteiger partial charge < -0.3 is 11.5 Å². The molecule has 4 N–H and O–H groups in total. The van der Waals surface area contributed by atoms with Crippen LogP contribution in [0.25, 0.3) is 0 Å². The van der Waals surface area contributed by atoms with E-state index in [9.17, 15) is 0 Å². The number of hydrogen-bond donors (Lipinski definition) is 2. The van der Waals surface area contributed by atoms with Gasteiger partial charge in [0.25, 0.3) is 0 Å². The molecule has 2 heteroatoms.